The summed E-state index contributed by atoms with van der Waals surface area (Å²) in [5, 5.41) is 0. The Hall–Kier alpha value is 0.690. The quantitative estimate of drug-likeness (QED) is 0.524. The van der Waals surface area contributed by atoms with E-state index in [1.807, 2.05) is 0 Å². The van der Waals surface area contributed by atoms with E-state index >= 15 is 0 Å². The van der Waals surface area contributed by atoms with Crippen LogP contribution in [0.15, 0.2) is 0 Å². The smallest absolute Gasteiger partial charge is 0.0147 e. The van der Waals surface area contributed by atoms with Gasteiger partial charge in [0.15, 0.2) is 0 Å². The number of hydrogen-bond donors (Lipinski definition) is 1. The van der Waals surface area contributed by atoms with Gasteiger partial charge in [0.25, 0.3) is 0 Å². The Balaban J connectivity index is 2.75. The minimum Gasteiger partial charge on any atom is -0.327 e. The molecule has 2 heteroatoms. The van der Waals surface area contributed by atoms with Crippen molar-refractivity contribution < 1.29 is 0 Å². The van der Waals surface area contributed by atoms with Crippen LogP contribution in [0.4, 0.5) is 0 Å². The summed E-state index contributed by atoms with van der Waals surface area (Å²) in [5.74, 6) is 0. The van der Waals surface area contributed by atoms with Crippen molar-refractivity contribution >= 4 is 22.6 Å². The van der Waals surface area contributed by atoms with E-state index in [1.54, 1.807) is 0 Å². The van der Waals surface area contributed by atoms with Crippen molar-refractivity contribution in [2.75, 3.05) is 4.43 Å². The first-order valence-corrected chi connectivity index (χ1v) is 3.65. The number of rotatable bonds is 2. The molecule has 0 rings (SSSR count). The SMILES string of the molecule is CC[C@@H](N)CI. The third-order valence-corrected chi connectivity index (χ3v) is 1.85. The minimum absolute atomic E-state index is 0.422. The molecule has 0 heterocycles. The highest BCUT2D eigenvalue weighted by molar-refractivity contribution is 14.1. The predicted octanol–water partition coefficient (Wildman–Crippen LogP) is 1.16. The molecular weight excluding hydrogens is 189 g/mol. The molecule has 0 unspecified atom stereocenters. The van der Waals surface area contributed by atoms with E-state index < -0.39 is 0 Å². The van der Waals surface area contributed by atoms with E-state index in [4.69, 9.17) is 5.73 Å². The lowest BCUT2D eigenvalue weighted by atomic mass is 10.3. The van der Waals surface area contributed by atoms with E-state index in [9.17, 15) is 0 Å². The standard InChI is InChI=1S/C4H10IN/c1-2-4(6)3-5/h4H,2-3,6H2,1H3/t4-/m1/s1. The average Bonchev–Trinajstić information content (AvgIpc) is 1.65. The molecule has 0 fully saturated rings. The summed E-state index contributed by atoms with van der Waals surface area (Å²) in [6.45, 7) is 2.10. The number of halogens is 1. The Morgan fingerprint density at radius 1 is 1.83 bits per heavy atom. The van der Waals surface area contributed by atoms with Crippen molar-refractivity contribution in [2.24, 2.45) is 5.73 Å². The van der Waals surface area contributed by atoms with Crippen LogP contribution in [-0.4, -0.2) is 10.5 Å². The van der Waals surface area contributed by atoms with Crippen molar-refractivity contribution in [3.05, 3.63) is 0 Å². The van der Waals surface area contributed by atoms with E-state index in [-0.39, 0.29) is 0 Å². The molecule has 1 nitrogen and oxygen atoms in total. The molecule has 0 saturated heterocycles. The Bertz CT molecular complexity index is 26.7. The van der Waals surface area contributed by atoms with Crippen LogP contribution in [-0.2, 0) is 0 Å². The third kappa shape index (κ3) is 2.90. The molecule has 1 atom stereocenters. The van der Waals surface area contributed by atoms with Gasteiger partial charge in [-0.25, -0.2) is 0 Å². The number of hydrogen-bond acceptors (Lipinski definition) is 1. The molecule has 0 aromatic rings. The minimum atomic E-state index is 0.422. The Labute approximate surface area is 52.4 Å². The van der Waals surface area contributed by atoms with Crippen LogP contribution in [0.2, 0.25) is 0 Å². The molecule has 0 aliphatic rings. The first-order valence-electron chi connectivity index (χ1n) is 2.12. The molecule has 6 heavy (non-hydrogen) atoms. The zero-order chi connectivity index (χ0) is 4.99. The van der Waals surface area contributed by atoms with Gasteiger partial charge in [-0.2, -0.15) is 0 Å². The highest BCUT2D eigenvalue weighted by Gasteiger charge is 1.90. The van der Waals surface area contributed by atoms with Crippen molar-refractivity contribution in [1.29, 1.82) is 0 Å². The summed E-state index contributed by atoms with van der Waals surface area (Å²) < 4.78 is 1.08. The monoisotopic (exact) mass is 199 g/mol. The predicted molar refractivity (Wildman–Crippen MR) is 37.2 cm³/mol. The fraction of sp³-hybridized carbons (Fsp3) is 1.00. The molecule has 0 aromatic heterocycles. The lowest BCUT2D eigenvalue weighted by molar-refractivity contribution is 0.734. The fourth-order valence-corrected chi connectivity index (χ4v) is 0.732. The van der Waals surface area contributed by atoms with Crippen molar-refractivity contribution in [3.63, 3.8) is 0 Å². The molecule has 38 valence electrons. The van der Waals surface area contributed by atoms with E-state index in [2.05, 4.69) is 29.5 Å². The summed E-state index contributed by atoms with van der Waals surface area (Å²) in [6, 6.07) is 0.422. The van der Waals surface area contributed by atoms with Gasteiger partial charge in [-0.05, 0) is 6.42 Å². The lowest BCUT2D eigenvalue weighted by Gasteiger charge is -1.98. The van der Waals surface area contributed by atoms with Gasteiger partial charge in [0.1, 0.15) is 0 Å². The van der Waals surface area contributed by atoms with Gasteiger partial charge in [0.2, 0.25) is 0 Å². The molecule has 2 N–H and O–H groups in total. The summed E-state index contributed by atoms with van der Waals surface area (Å²) in [4.78, 5) is 0. The molecule has 0 saturated carbocycles. The molecule has 0 aliphatic carbocycles. The Morgan fingerprint density at radius 3 is 2.33 bits per heavy atom. The zero-order valence-electron chi connectivity index (χ0n) is 3.95. The second-order valence-electron chi connectivity index (χ2n) is 1.32. The third-order valence-electron chi connectivity index (χ3n) is 0.723. The van der Waals surface area contributed by atoms with Gasteiger partial charge in [-0.3, -0.25) is 0 Å². The van der Waals surface area contributed by atoms with Gasteiger partial charge in [0.05, 0.1) is 0 Å². The van der Waals surface area contributed by atoms with Crippen molar-refractivity contribution in [3.8, 4) is 0 Å². The topological polar surface area (TPSA) is 26.0 Å². The normalized spacial score (nSPS) is 14.5. The zero-order valence-corrected chi connectivity index (χ0v) is 6.10. The molecule has 0 aromatic carbocycles. The molecule has 0 aliphatic heterocycles. The highest BCUT2D eigenvalue weighted by Crippen LogP contribution is 1.90. The molecular formula is C4H10IN. The van der Waals surface area contributed by atoms with Gasteiger partial charge in [-0.15, -0.1) is 0 Å². The summed E-state index contributed by atoms with van der Waals surface area (Å²) in [5.41, 5.74) is 5.46. The average molecular weight is 199 g/mol. The van der Waals surface area contributed by atoms with Gasteiger partial charge in [-0.1, -0.05) is 29.5 Å². The molecule has 0 bridgehead atoms. The maximum Gasteiger partial charge on any atom is 0.0147 e. The molecule has 0 amide bonds. The van der Waals surface area contributed by atoms with Crippen LogP contribution in [0.5, 0.6) is 0 Å². The highest BCUT2D eigenvalue weighted by atomic mass is 127. The lowest BCUT2D eigenvalue weighted by Crippen LogP contribution is -2.19. The van der Waals surface area contributed by atoms with Gasteiger partial charge in [0, 0.05) is 10.5 Å². The van der Waals surface area contributed by atoms with Crippen molar-refractivity contribution in [2.45, 2.75) is 19.4 Å². The van der Waals surface area contributed by atoms with Gasteiger partial charge >= 0.3 is 0 Å². The largest absolute Gasteiger partial charge is 0.327 e. The summed E-state index contributed by atoms with van der Waals surface area (Å²) in [6.07, 6.45) is 1.10. The summed E-state index contributed by atoms with van der Waals surface area (Å²) >= 11 is 2.29. The van der Waals surface area contributed by atoms with E-state index in [0.29, 0.717) is 6.04 Å². The number of alkyl halides is 1. The maximum absolute atomic E-state index is 5.46. The Morgan fingerprint density at radius 2 is 2.33 bits per heavy atom. The molecule has 0 radical (unpaired) electrons. The van der Waals surface area contributed by atoms with E-state index in [1.165, 1.54) is 0 Å². The first kappa shape index (κ1) is 6.69. The fourth-order valence-electron chi connectivity index (χ4n) is 0.109. The van der Waals surface area contributed by atoms with E-state index in [0.717, 1.165) is 10.8 Å². The summed E-state index contributed by atoms with van der Waals surface area (Å²) in [7, 11) is 0. The van der Waals surface area contributed by atoms with Gasteiger partial charge < -0.3 is 5.73 Å². The second-order valence-corrected chi connectivity index (χ2v) is 2.20. The second kappa shape index (κ2) is 3.87. The van der Waals surface area contributed by atoms with Crippen LogP contribution in [0.1, 0.15) is 13.3 Å². The Kier molecular flexibility index (Phi) is 4.31. The van der Waals surface area contributed by atoms with Crippen LogP contribution in [0.3, 0.4) is 0 Å². The van der Waals surface area contributed by atoms with Crippen molar-refractivity contribution in [1.82, 2.24) is 0 Å². The first-order chi connectivity index (χ1) is 2.81. The van der Waals surface area contributed by atoms with Crippen LogP contribution in [0, 0.1) is 0 Å². The van der Waals surface area contributed by atoms with Crippen LogP contribution in [0.25, 0.3) is 0 Å². The maximum atomic E-state index is 5.46. The molecule has 0 spiro atoms. The van der Waals surface area contributed by atoms with Crippen LogP contribution < -0.4 is 5.73 Å². The van der Waals surface area contributed by atoms with Crippen LogP contribution >= 0.6 is 22.6 Å². The number of nitrogens with two attached hydrogens (primary N) is 1.